The molecule has 0 saturated carbocycles. The van der Waals surface area contributed by atoms with E-state index in [1.165, 1.54) is 13.8 Å². The lowest BCUT2D eigenvalue weighted by Gasteiger charge is -1.98. The van der Waals surface area contributed by atoms with Crippen molar-refractivity contribution in [1.29, 1.82) is 0 Å². The summed E-state index contributed by atoms with van der Waals surface area (Å²) in [4.78, 5) is 15.5. The molecular weight excluding hydrogens is 206 g/mol. The highest BCUT2D eigenvalue weighted by Gasteiger charge is 2.17. The van der Waals surface area contributed by atoms with E-state index in [0.717, 1.165) is 0 Å². The summed E-state index contributed by atoms with van der Waals surface area (Å²) >= 11 is 0. The fraction of sp³-hybridized carbons (Fsp3) is 0.167. The highest BCUT2D eigenvalue weighted by atomic mass is 16.4. The number of aliphatic hydroxyl groups is 1. The molecule has 0 fully saturated rings. The Balaban J connectivity index is 2.63. The van der Waals surface area contributed by atoms with Crippen molar-refractivity contribution in [2.24, 2.45) is 0 Å². The molecule has 1 aromatic carbocycles. The molecule has 4 heteroatoms. The third-order valence-corrected chi connectivity index (χ3v) is 2.22. The molecule has 0 aliphatic carbocycles. The zero-order valence-electron chi connectivity index (χ0n) is 9.02. The number of carbonyl (C=O) groups excluding carboxylic acids is 1. The van der Waals surface area contributed by atoms with Gasteiger partial charge in [0.25, 0.3) is 0 Å². The van der Waals surface area contributed by atoms with Crippen molar-refractivity contribution in [1.82, 2.24) is 4.98 Å². The third-order valence-electron chi connectivity index (χ3n) is 2.22. The number of allylic oxidation sites excluding steroid dienone is 2. The van der Waals surface area contributed by atoms with Crippen molar-refractivity contribution in [2.45, 2.75) is 13.8 Å². The number of rotatable bonds is 2. The van der Waals surface area contributed by atoms with Gasteiger partial charge in [0.2, 0.25) is 5.89 Å². The fourth-order valence-electron chi connectivity index (χ4n) is 1.54. The second-order valence-electron chi connectivity index (χ2n) is 3.50. The first kappa shape index (κ1) is 10.4. The van der Waals surface area contributed by atoms with Crippen LogP contribution in [0.1, 0.15) is 19.7 Å². The Labute approximate surface area is 92.2 Å². The van der Waals surface area contributed by atoms with Crippen molar-refractivity contribution < 1.29 is 14.3 Å². The summed E-state index contributed by atoms with van der Waals surface area (Å²) in [7, 11) is 0. The molecule has 4 nitrogen and oxygen atoms in total. The number of fused-ring (bicyclic) bond motifs is 1. The van der Waals surface area contributed by atoms with Crippen LogP contribution in [-0.2, 0) is 4.79 Å². The lowest BCUT2D eigenvalue weighted by atomic mass is 10.1. The highest BCUT2D eigenvalue weighted by Crippen LogP contribution is 2.23. The van der Waals surface area contributed by atoms with Crippen molar-refractivity contribution in [3.8, 4) is 0 Å². The Kier molecular flexibility index (Phi) is 2.48. The van der Waals surface area contributed by atoms with Gasteiger partial charge in [-0.05, 0) is 26.0 Å². The van der Waals surface area contributed by atoms with Gasteiger partial charge >= 0.3 is 0 Å². The van der Waals surface area contributed by atoms with Crippen LogP contribution < -0.4 is 0 Å². The van der Waals surface area contributed by atoms with Gasteiger partial charge in [0.05, 0.1) is 0 Å². The summed E-state index contributed by atoms with van der Waals surface area (Å²) < 4.78 is 5.40. The maximum Gasteiger partial charge on any atom is 0.234 e. The molecule has 2 aromatic rings. The first-order valence-corrected chi connectivity index (χ1v) is 4.86. The highest BCUT2D eigenvalue weighted by molar-refractivity contribution is 6.18. The van der Waals surface area contributed by atoms with Crippen LogP contribution in [0.5, 0.6) is 0 Å². The molecule has 0 spiro atoms. The van der Waals surface area contributed by atoms with Crippen LogP contribution in [0.2, 0.25) is 0 Å². The molecule has 1 aromatic heterocycles. The molecular formula is C12H11NO3. The van der Waals surface area contributed by atoms with Crippen molar-refractivity contribution in [3.05, 3.63) is 35.9 Å². The number of Topliss-reactive ketones (excluding diaryl/α,β-unsaturated/α-hetero) is 1. The Morgan fingerprint density at radius 3 is 2.56 bits per heavy atom. The van der Waals surface area contributed by atoms with Gasteiger partial charge in [-0.25, -0.2) is 4.98 Å². The molecule has 0 radical (unpaired) electrons. The molecule has 0 amide bonds. The second-order valence-corrected chi connectivity index (χ2v) is 3.50. The van der Waals surface area contributed by atoms with Gasteiger partial charge in [-0.15, -0.1) is 0 Å². The fourth-order valence-corrected chi connectivity index (χ4v) is 1.54. The number of aliphatic hydroxyl groups excluding tert-OH is 1. The minimum atomic E-state index is -0.272. The SMILES string of the molecule is CC(=O)/C(=C(/C)O)c1nc2ccccc2o1. The average Bonchev–Trinajstić information content (AvgIpc) is 2.58. The summed E-state index contributed by atoms with van der Waals surface area (Å²) in [5, 5.41) is 9.42. The van der Waals surface area contributed by atoms with E-state index >= 15 is 0 Å². The molecule has 0 aliphatic heterocycles. The van der Waals surface area contributed by atoms with Gasteiger partial charge in [0.15, 0.2) is 11.4 Å². The number of nitrogens with zero attached hydrogens (tertiary/aromatic N) is 1. The molecule has 0 atom stereocenters. The van der Waals surface area contributed by atoms with Crippen molar-refractivity contribution >= 4 is 22.5 Å². The monoisotopic (exact) mass is 217 g/mol. The Hall–Kier alpha value is -2.10. The zero-order valence-corrected chi connectivity index (χ0v) is 9.02. The van der Waals surface area contributed by atoms with E-state index in [1.807, 2.05) is 12.1 Å². The topological polar surface area (TPSA) is 63.3 Å². The molecule has 1 N–H and O–H groups in total. The summed E-state index contributed by atoms with van der Waals surface area (Å²) in [6, 6.07) is 7.20. The van der Waals surface area contributed by atoms with E-state index in [-0.39, 0.29) is 23.0 Å². The summed E-state index contributed by atoms with van der Waals surface area (Å²) in [6.07, 6.45) is 0. The maximum atomic E-state index is 11.3. The molecule has 0 bridgehead atoms. The van der Waals surface area contributed by atoms with Gasteiger partial charge < -0.3 is 9.52 Å². The number of hydrogen-bond acceptors (Lipinski definition) is 4. The lowest BCUT2D eigenvalue weighted by Crippen LogP contribution is -1.99. The van der Waals surface area contributed by atoms with Crippen LogP contribution >= 0.6 is 0 Å². The van der Waals surface area contributed by atoms with Crippen LogP contribution in [0.15, 0.2) is 34.4 Å². The molecule has 0 saturated heterocycles. The summed E-state index contributed by atoms with van der Waals surface area (Å²) in [5.74, 6) is -0.195. The number of ketones is 1. The predicted octanol–water partition coefficient (Wildman–Crippen LogP) is 2.71. The number of hydrogen-bond donors (Lipinski definition) is 1. The van der Waals surface area contributed by atoms with Crippen molar-refractivity contribution in [3.63, 3.8) is 0 Å². The van der Waals surface area contributed by atoms with Crippen LogP contribution in [-0.4, -0.2) is 15.9 Å². The quantitative estimate of drug-likeness (QED) is 0.620. The normalized spacial score (nSPS) is 12.6. The Morgan fingerprint density at radius 2 is 2.00 bits per heavy atom. The zero-order chi connectivity index (χ0) is 11.7. The van der Waals surface area contributed by atoms with E-state index in [4.69, 9.17) is 4.42 Å². The molecule has 2 rings (SSSR count). The molecule has 1 heterocycles. The minimum Gasteiger partial charge on any atom is -0.512 e. The van der Waals surface area contributed by atoms with Gasteiger partial charge in [0, 0.05) is 0 Å². The van der Waals surface area contributed by atoms with Crippen LogP contribution in [0.3, 0.4) is 0 Å². The molecule has 82 valence electrons. The lowest BCUT2D eigenvalue weighted by molar-refractivity contribution is -0.112. The number of aromatic nitrogens is 1. The van der Waals surface area contributed by atoms with E-state index in [2.05, 4.69) is 4.98 Å². The van der Waals surface area contributed by atoms with Gasteiger partial charge in [-0.3, -0.25) is 4.79 Å². The largest absolute Gasteiger partial charge is 0.512 e. The summed E-state index contributed by atoms with van der Waals surface area (Å²) in [6.45, 7) is 2.80. The Bertz CT molecular complexity index is 544. The van der Waals surface area contributed by atoms with E-state index in [0.29, 0.717) is 11.1 Å². The smallest absolute Gasteiger partial charge is 0.234 e. The molecule has 16 heavy (non-hydrogen) atoms. The van der Waals surface area contributed by atoms with E-state index < -0.39 is 0 Å². The second kappa shape index (κ2) is 3.81. The molecule has 0 unspecified atom stereocenters. The van der Waals surface area contributed by atoms with E-state index in [9.17, 15) is 9.90 Å². The standard InChI is InChI=1S/C12H11NO3/c1-7(14)11(8(2)15)12-13-9-5-3-4-6-10(9)16-12/h3-6,14H,1-2H3/b11-7+. The number of para-hydroxylation sites is 2. The Morgan fingerprint density at radius 1 is 1.31 bits per heavy atom. The predicted molar refractivity (Wildman–Crippen MR) is 59.9 cm³/mol. The average molecular weight is 217 g/mol. The molecule has 0 aliphatic rings. The first-order valence-electron chi connectivity index (χ1n) is 4.86. The third kappa shape index (κ3) is 1.69. The van der Waals surface area contributed by atoms with Crippen LogP contribution in [0, 0.1) is 0 Å². The van der Waals surface area contributed by atoms with Gasteiger partial charge in [-0.2, -0.15) is 0 Å². The summed E-state index contributed by atoms with van der Waals surface area (Å²) in [5.41, 5.74) is 1.38. The first-order chi connectivity index (χ1) is 7.59. The minimum absolute atomic E-state index is 0.0842. The van der Waals surface area contributed by atoms with Crippen LogP contribution in [0.4, 0.5) is 0 Å². The van der Waals surface area contributed by atoms with Crippen molar-refractivity contribution in [2.75, 3.05) is 0 Å². The number of oxazole rings is 1. The number of benzene rings is 1. The van der Waals surface area contributed by atoms with E-state index in [1.54, 1.807) is 12.1 Å². The van der Waals surface area contributed by atoms with Gasteiger partial charge in [-0.1, -0.05) is 12.1 Å². The van der Waals surface area contributed by atoms with Gasteiger partial charge in [0.1, 0.15) is 16.8 Å². The maximum absolute atomic E-state index is 11.3. The van der Waals surface area contributed by atoms with Crippen LogP contribution in [0.25, 0.3) is 16.7 Å². The number of carbonyl (C=O) groups is 1.